The monoisotopic (exact) mass is 164 g/mol. The van der Waals surface area contributed by atoms with Gasteiger partial charge in [0.05, 0.1) is 12.1 Å². The van der Waals surface area contributed by atoms with Crippen molar-refractivity contribution in [3.05, 3.63) is 11.1 Å². The number of hydrogen-bond acceptors (Lipinski definition) is 2. The normalized spacial score (nSPS) is 22.2. The lowest BCUT2D eigenvalue weighted by atomic mass is 10.0. The maximum absolute atomic E-state index is 8.73. The van der Waals surface area contributed by atoms with Gasteiger partial charge in [-0.05, 0) is 27.2 Å². The largest absolute Gasteiger partial charge is 0.284 e. The van der Waals surface area contributed by atoms with Gasteiger partial charge in [-0.1, -0.05) is 11.1 Å². The Morgan fingerprint density at radius 2 is 2.08 bits per heavy atom. The topological polar surface area (TPSA) is 27.0 Å². The average Bonchev–Trinajstić information content (AvgIpc) is 2.08. The first-order valence-corrected chi connectivity index (χ1v) is 4.44. The van der Waals surface area contributed by atoms with E-state index in [0.717, 1.165) is 19.5 Å². The summed E-state index contributed by atoms with van der Waals surface area (Å²) in [5.74, 6) is 0. The summed E-state index contributed by atoms with van der Waals surface area (Å²) in [6.45, 7) is 8.32. The van der Waals surface area contributed by atoms with Crippen LogP contribution in [-0.2, 0) is 0 Å². The van der Waals surface area contributed by atoms with Crippen molar-refractivity contribution in [1.82, 2.24) is 4.90 Å². The Morgan fingerprint density at radius 3 is 2.58 bits per heavy atom. The Balaban J connectivity index is 2.61. The van der Waals surface area contributed by atoms with Crippen LogP contribution in [0.25, 0.3) is 0 Å². The molecule has 2 heteroatoms. The Kier molecular flexibility index (Phi) is 2.88. The van der Waals surface area contributed by atoms with Gasteiger partial charge < -0.3 is 0 Å². The summed E-state index contributed by atoms with van der Waals surface area (Å²) in [6, 6.07) is 2.34. The maximum Gasteiger partial charge on any atom is 0.0952 e. The van der Waals surface area contributed by atoms with E-state index in [2.05, 4.69) is 24.8 Å². The van der Waals surface area contributed by atoms with E-state index in [9.17, 15) is 0 Å². The third kappa shape index (κ3) is 1.86. The van der Waals surface area contributed by atoms with Gasteiger partial charge in [0.2, 0.25) is 0 Å². The zero-order chi connectivity index (χ0) is 9.14. The lowest BCUT2D eigenvalue weighted by Gasteiger charge is -2.30. The highest BCUT2D eigenvalue weighted by Gasteiger charge is 2.17. The van der Waals surface area contributed by atoms with E-state index in [-0.39, 0.29) is 6.04 Å². The molecule has 1 atom stereocenters. The molecular formula is C10H16N2. The van der Waals surface area contributed by atoms with Crippen LogP contribution in [0.1, 0.15) is 27.2 Å². The molecule has 0 aromatic carbocycles. The molecule has 0 radical (unpaired) electrons. The lowest BCUT2D eigenvalue weighted by molar-refractivity contribution is 0.256. The van der Waals surface area contributed by atoms with E-state index in [1.54, 1.807) is 0 Å². The first kappa shape index (κ1) is 9.28. The van der Waals surface area contributed by atoms with Crippen LogP contribution in [-0.4, -0.2) is 24.0 Å². The van der Waals surface area contributed by atoms with Crippen molar-refractivity contribution in [3.63, 3.8) is 0 Å². The molecule has 0 saturated heterocycles. The molecule has 0 aliphatic carbocycles. The van der Waals surface area contributed by atoms with E-state index >= 15 is 0 Å². The second kappa shape index (κ2) is 3.73. The molecule has 0 aromatic heterocycles. The smallest absolute Gasteiger partial charge is 0.0952 e. The van der Waals surface area contributed by atoms with Crippen molar-refractivity contribution in [1.29, 1.82) is 5.26 Å². The molecule has 2 nitrogen and oxygen atoms in total. The third-order valence-corrected chi connectivity index (χ3v) is 2.68. The van der Waals surface area contributed by atoms with E-state index < -0.39 is 0 Å². The van der Waals surface area contributed by atoms with Gasteiger partial charge in [-0.15, -0.1) is 0 Å². The predicted octanol–water partition coefficient (Wildman–Crippen LogP) is 1.94. The summed E-state index contributed by atoms with van der Waals surface area (Å²) in [7, 11) is 0. The minimum Gasteiger partial charge on any atom is -0.284 e. The van der Waals surface area contributed by atoms with Crippen LogP contribution in [0.15, 0.2) is 11.1 Å². The van der Waals surface area contributed by atoms with Crippen LogP contribution in [0.4, 0.5) is 0 Å². The van der Waals surface area contributed by atoms with Gasteiger partial charge in [-0.25, -0.2) is 0 Å². The minimum absolute atomic E-state index is 0.0630. The van der Waals surface area contributed by atoms with Crippen molar-refractivity contribution in [3.8, 4) is 6.07 Å². The van der Waals surface area contributed by atoms with Gasteiger partial charge in [0.1, 0.15) is 0 Å². The molecule has 0 aromatic rings. The van der Waals surface area contributed by atoms with Gasteiger partial charge in [0.25, 0.3) is 0 Å². The van der Waals surface area contributed by atoms with Gasteiger partial charge in [0, 0.05) is 13.1 Å². The van der Waals surface area contributed by atoms with E-state index in [1.807, 2.05) is 6.92 Å². The van der Waals surface area contributed by atoms with Crippen molar-refractivity contribution in [2.45, 2.75) is 33.2 Å². The highest BCUT2D eigenvalue weighted by Crippen LogP contribution is 2.18. The highest BCUT2D eigenvalue weighted by molar-refractivity contribution is 5.15. The molecular weight excluding hydrogens is 148 g/mol. The molecule has 12 heavy (non-hydrogen) atoms. The summed E-state index contributed by atoms with van der Waals surface area (Å²) in [5.41, 5.74) is 2.93. The standard InChI is InChI=1S/C10H16N2/c1-8-4-5-12(7-9(8)2)10(3)6-11/h10H,4-5,7H2,1-3H3. The summed E-state index contributed by atoms with van der Waals surface area (Å²) in [5, 5.41) is 8.73. The van der Waals surface area contributed by atoms with Crippen LogP contribution < -0.4 is 0 Å². The van der Waals surface area contributed by atoms with Crippen molar-refractivity contribution in [2.24, 2.45) is 0 Å². The van der Waals surface area contributed by atoms with Gasteiger partial charge in [-0.2, -0.15) is 5.26 Å². The summed E-state index contributed by atoms with van der Waals surface area (Å²) in [4.78, 5) is 2.22. The third-order valence-electron chi connectivity index (χ3n) is 2.68. The SMILES string of the molecule is CC1=C(C)CN(C(C)C#N)CC1. The first-order chi connectivity index (χ1) is 5.65. The Morgan fingerprint density at radius 1 is 1.42 bits per heavy atom. The molecule has 0 bridgehead atoms. The fourth-order valence-corrected chi connectivity index (χ4v) is 1.46. The molecule has 1 heterocycles. The van der Waals surface area contributed by atoms with E-state index in [0.29, 0.717) is 0 Å². The fraction of sp³-hybridized carbons (Fsp3) is 0.700. The van der Waals surface area contributed by atoms with E-state index in [1.165, 1.54) is 11.1 Å². The molecule has 0 N–H and O–H groups in total. The van der Waals surface area contributed by atoms with E-state index in [4.69, 9.17) is 5.26 Å². The molecule has 0 amide bonds. The summed E-state index contributed by atoms with van der Waals surface area (Å²) in [6.07, 6.45) is 1.12. The molecule has 0 spiro atoms. The van der Waals surface area contributed by atoms with Crippen molar-refractivity contribution >= 4 is 0 Å². The quantitative estimate of drug-likeness (QED) is 0.554. The van der Waals surface area contributed by atoms with Crippen LogP contribution >= 0.6 is 0 Å². The Hall–Kier alpha value is -0.810. The number of nitrogens with zero attached hydrogens (tertiary/aromatic N) is 2. The van der Waals surface area contributed by atoms with Crippen LogP contribution in [0, 0.1) is 11.3 Å². The zero-order valence-electron chi connectivity index (χ0n) is 8.09. The molecule has 1 aliphatic rings. The summed E-state index contributed by atoms with van der Waals surface area (Å²) < 4.78 is 0. The number of nitriles is 1. The van der Waals surface area contributed by atoms with Crippen LogP contribution in [0.2, 0.25) is 0 Å². The second-order valence-corrected chi connectivity index (χ2v) is 3.59. The van der Waals surface area contributed by atoms with Gasteiger partial charge in [-0.3, -0.25) is 4.90 Å². The van der Waals surface area contributed by atoms with Gasteiger partial charge in [0.15, 0.2) is 0 Å². The molecule has 1 rings (SSSR count). The van der Waals surface area contributed by atoms with Crippen LogP contribution in [0.3, 0.4) is 0 Å². The zero-order valence-corrected chi connectivity index (χ0v) is 8.09. The average molecular weight is 164 g/mol. The highest BCUT2D eigenvalue weighted by atomic mass is 15.1. The fourth-order valence-electron chi connectivity index (χ4n) is 1.46. The molecule has 0 fully saturated rings. The van der Waals surface area contributed by atoms with Gasteiger partial charge >= 0.3 is 0 Å². The van der Waals surface area contributed by atoms with Crippen LogP contribution in [0.5, 0.6) is 0 Å². The molecule has 1 unspecified atom stereocenters. The first-order valence-electron chi connectivity index (χ1n) is 4.44. The maximum atomic E-state index is 8.73. The van der Waals surface area contributed by atoms with Crippen molar-refractivity contribution in [2.75, 3.05) is 13.1 Å². The molecule has 1 aliphatic heterocycles. The number of rotatable bonds is 1. The Labute approximate surface area is 74.5 Å². The molecule has 0 saturated carbocycles. The lowest BCUT2D eigenvalue weighted by Crippen LogP contribution is -2.37. The predicted molar refractivity (Wildman–Crippen MR) is 49.6 cm³/mol. The second-order valence-electron chi connectivity index (χ2n) is 3.59. The minimum atomic E-state index is 0.0630. The van der Waals surface area contributed by atoms with Crippen molar-refractivity contribution < 1.29 is 0 Å². The summed E-state index contributed by atoms with van der Waals surface area (Å²) >= 11 is 0. The number of hydrogen-bond donors (Lipinski definition) is 0. The Bertz CT molecular complexity index is 235. The molecule has 66 valence electrons.